The first-order chi connectivity index (χ1) is 6.36. The molecule has 0 amide bonds. The van der Waals surface area contributed by atoms with Crippen molar-refractivity contribution in [3.05, 3.63) is 18.5 Å². The average Bonchev–Trinajstić information content (AvgIpc) is 2.20. The Kier molecular flexibility index (Phi) is 2.61. The highest BCUT2D eigenvalue weighted by molar-refractivity contribution is 6.13. The lowest BCUT2D eigenvalue weighted by Crippen LogP contribution is -2.43. The first kappa shape index (κ1) is 8.72. The third-order valence-corrected chi connectivity index (χ3v) is 2.40. The second kappa shape index (κ2) is 3.89. The van der Waals surface area contributed by atoms with Crippen LogP contribution in [0.2, 0.25) is 0 Å². The van der Waals surface area contributed by atoms with Gasteiger partial charge in [-0.2, -0.15) is 0 Å². The highest BCUT2D eigenvalue weighted by Crippen LogP contribution is 2.10. The highest BCUT2D eigenvalue weighted by atomic mass is 35.5. The number of halogens is 1. The number of anilines is 1. The summed E-state index contributed by atoms with van der Waals surface area (Å²) in [6.07, 6.45) is 3.52. The monoisotopic (exact) mass is 198 g/mol. The molecule has 0 N–H and O–H groups in total. The van der Waals surface area contributed by atoms with Crippen molar-refractivity contribution in [2.24, 2.45) is 0 Å². The van der Waals surface area contributed by atoms with Gasteiger partial charge in [-0.15, -0.1) is 0 Å². The quantitative estimate of drug-likeness (QED) is 0.624. The summed E-state index contributed by atoms with van der Waals surface area (Å²) in [4.78, 5) is 10.5. The molecule has 1 saturated heterocycles. The van der Waals surface area contributed by atoms with Crippen LogP contribution in [0, 0.1) is 0 Å². The second-order valence-electron chi connectivity index (χ2n) is 2.95. The molecule has 0 radical (unpaired) electrons. The smallest absolute Gasteiger partial charge is 0.225 e. The minimum absolute atomic E-state index is 0.798. The first-order valence-corrected chi connectivity index (χ1v) is 4.63. The van der Waals surface area contributed by atoms with E-state index in [2.05, 4.69) is 14.9 Å². The fourth-order valence-corrected chi connectivity index (χ4v) is 1.49. The third-order valence-electron chi connectivity index (χ3n) is 2.06. The predicted octanol–water partition coefficient (Wildman–Crippen LogP) is 0.752. The molecular weight excluding hydrogens is 188 g/mol. The molecule has 70 valence electrons. The summed E-state index contributed by atoms with van der Waals surface area (Å²) in [5, 5.41) is 0. The van der Waals surface area contributed by atoms with Crippen LogP contribution < -0.4 is 4.90 Å². The molecule has 0 saturated carbocycles. The molecule has 13 heavy (non-hydrogen) atoms. The average molecular weight is 199 g/mol. The minimum atomic E-state index is 0.798. The fourth-order valence-electron chi connectivity index (χ4n) is 1.34. The molecule has 4 nitrogen and oxygen atoms in total. The van der Waals surface area contributed by atoms with Crippen molar-refractivity contribution in [3.8, 4) is 0 Å². The number of rotatable bonds is 1. The van der Waals surface area contributed by atoms with Gasteiger partial charge in [0, 0.05) is 38.6 Å². The molecule has 1 fully saturated rings. The predicted molar refractivity (Wildman–Crippen MR) is 51.7 cm³/mol. The highest BCUT2D eigenvalue weighted by Gasteiger charge is 2.16. The lowest BCUT2D eigenvalue weighted by molar-refractivity contribution is 0.413. The number of hydrogen-bond donors (Lipinski definition) is 0. The normalized spacial score (nSPS) is 19.0. The Morgan fingerprint density at radius 2 is 1.69 bits per heavy atom. The van der Waals surface area contributed by atoms with Gasteiger partial charge in [0.05, 0.1) is 0 Å². The SMILES string of the molecule is ClN1CCN(c2ncccn2)CC1. The van der Waals surface area contributed by atoms with Crippen LogP contribution in [-0.4, -0.2) is 40.6 Å². The van der Waals surface area contributed by atoms with Gasteiger partial charge < -0.3 is 4.90 Å². The summed E-state index contributed by atoms with van der Waals surface area (Å²) >= 11 is 5.84. The lowest BCUT2D eigenvalue weighted by Gasteiger charge is -2.30. The molecule has 2 rings (SSSR count). The van der Waals surface area contributed by atoms with Gasteiger partial charge in [0.1, 0.15) is 0 Å². The zero-order valence-corrected chi connectivity index (χ0v) is 7.98. The molecule has 0 unspecified atom stereocenters. The van der Waals surface area contributed by atoms with E-state index in [0.29, 0.717) is 0 Å². The van der Waals surface area contributed by atoms with Crippen molar-refractivity contribution >= 4 is 17.7 Å². The topological polar surface area (TPSA) is 32.3 Å². The van der Waals surface area contributed by atoms with Crippen LogP contribution in [0.3, 0.4) is 0 Å². The largest absolute Gasteiger partial charge is 0.338 e. The second-order valence-corrected chi connectivity index (χ2v) is 3.42. The van der Waals surface area contributed by atoms with Crippen LogP contribution in [0.5, 0.6) is 0 Å². The van der Waals surface area contributed by atoms with Gasteiger partial charge in [0.2, 0.25) is 5.95 Å². The van der Waals surface area contributed by atoms with E-state index in [0.717, 1.165) is 32.1 Å². The van der Waals surface area contributed by atoms with Gasteiger partial charge in [-0.25, -0.2) is 14.4 Å². The van der Waals surface area contributed by atoms with E-state index in [1.807, 2.05) is 6.07 Å². The summed E-state index contributed by atoms with van der Waals surface area (Å²) in [6.45, 7) is 3.51. The molecular formula is C8H11ClN4. The minimum Gasteiger partial charge on any atom is -0.338 e. The molecule has 5 heteroatoms. The van der Waals surface area contributed by atoms with Crippen LogP contribution in [0.15, 0.2) is 18.5 Å². The zero-order valence-electron chi connectivity index (χ0n) is 7.23. The number of aromatic nitrogens is 2. The van der Waals surface area contributed by atoms with Crippen LogP contribution in [0.25, 0.3) is 0 Å². The maximum Gasteiger partial charge on any atom is 0.225 e. The van der Waals surface area contributed by atoms with Crippen LogP contribution >= 0.6 is 11.8 Å². The van der Waals surface area contributed by atoms with Gasteiger partial charge >= 0.3 is 0 Å². The zero-order chi connectivity index (χ0) is 9.10. The van der Waals surface area contributed by atoms with E-state index in [4.69, 9.17) is 11.8 Å². The Hall–Kier alpha value is -0.870. The molecule has 2 heterocycles. The van der Waals surface area contributed by atoms with Crippen molar-refractivity contribution < 1.29 is 0 Å². The number of hydrogen-bond acceptors (Lipinski definition) is 4. The van der Waals surface area contributed by atoms with Gasteiger partial charge in [-0.3, -0.25) is 0 Å². The van der Waals surface area contributed by atoms with Crippen molar-refractivity contribution in [2.75, 3.05) is 31.1 Å². The third kappa shape index (κ3) is 2.08. The molecule has 1 aliphatic rings. The van der Waals surface area contributed by atoms with E-state index in [1.54, 1.807) is 16.8 Å². The first-order valence-electron chi connectivity index (χ1n) is 4.29. The standard InChI is InChI=1S/C8H11ClN4/c9-13-6-4-12(5-7-13)8-10-2-1-3-11-8/h1-3H,4-7H2. The number of piperazine rings is 1. The van der Waals surface area contributed by atoms with E-state index in [9.17, 15) is 0 Å². The van der Waals surface area contributed by atoms with Crippen LogP contribution in [-0.2, 0) is 0 Å². The Balaban J connectivity index is 2.03. The molecule has 1 aliphatic heterocycles. The fraction of sp³-hybridized carbons (Fsp3) is 0.500. The Morgan fingerprint density at radius 1 is 1.08 bits per heavy atom. The van der Waals surface area contributed by atoms with Gasteiger partial charge in [-0.05, 0) is 17.8 Å². The van der Waals surface area contributed by atoms with Gasteiger partial charge in [0.25, 0.3) is 0 Å². The summed E-state index contributed by atoms with van der Waals surface area (Å²) in [6, 6.07) is 1.82. The maximum atomic E-state index is 5.84. The van der Waals surface area contributed by atoms with E-state index < -0.39 is 0 Å². The van der Waals surface area contributed by atoms with Crippen molar-refractivity contribution in [3.63, 3.8) is 0 Å². The molecule has 1 aromatic heterocycles. The van der Waals surface area contributed by atoms with E-state index in [-0.39, 0.29) is 0 Å². The van der Waals surface area contributed by atoms with Crippen molar-refractivity contribution in [1.29, 1.82) is 0 Å². The van der Waals surface area contributed by atoms with Crippen LogP contribution in [0.4, 0.5) is 5.95 Å². The Labute approximate surface area is 82.3 Å². The van der Waals surface area contributed by atoms with Gasteiger partial charge in [-0.1, -0.05) is 0 Å². The van der Waals surface area contributed by atoms with Crippen LogP contribution in [0.1, 0.15) is 0 Å². The molecule has 0 spiro atoms. The molecule has 0 aliphatic carbocycles. The summed E-state index contributed by atoms with van der Waals surface area (Å²) < 4.78 is 1.79. The molecule has 0 aromatic carbocycles. The summed E-state index contributed by atoms with van der Waals surface area (Å²) in [5.74, 6) is 0.798. The maximum absolute atomic E-state index is 5.84. The Bertz CT molecular complexity index is 258. The Morgan fingerprint density at radius 3 is 2.31 bits per heavy atom. The van der Waals surface area contributed by atoms with E-state index in [1.165, 1.54) is 0 Å². The van der Waals surface area contributed by atoms with Crippen molar-refractivity contribution in [1.82, 2.24) is 14.4 Å². The molecule has 0 atom stereocenters. The molecule has 1 aromatic rings. The lowest BCUT2D eigenvalue weighted by atomic mass is 10.4. The summed E-state index contributed by atoms with van der Waals surface area (Å²) in [5.41, 5.74) is 0. The summed E-state index contributed by atoms with van der Waals surface area (Å²) in [7, 11) is 0. The van der Waals surface area contributed by atoms with Crippen molar-refractivity contribution in [2.45, 2.75) is 0 Å². The number of nitrogens with zero attached hydrogens (tertiary/aromatic N) is 4. The van der Waals surface area contributed by atoms with E-state index >= 15 is 0 Å². The van der Waals surface area contributed by atoms with Gasteiger partial charge in [0.15, 0.2) is 0 Å². The molecule has 0 bridgehead atoms.